The number of hydrogen-bond donors (Lipinski definition) is 0. The van der Waals surface area contributed by atoms with Gasteiger partial charge in [-0.2, -0.15) is 0 Å². The summed E-state index contributed by atoms with van der Waals surface area (Å²) in [6, 6.07) is 14.3. The molecule has 1 aliphatic heterocycles. The number of carbonyl (C=O) groups is 3. The minimum atomic E-state index is -0.913. The van der Waals surface area contributed by atoms with Crippen LogP contribution in [0.25, 0.3) is 0 Å². The number of benzene rings is 2. The number of para-hydroxylation sites is 1. The lowest BCUT2D eigenvalue weighted by molar-refractivity contribution is -0.155. The first-order valence-electron chi connectivity index (χ1n) is 9.77. The van der Waals surface area contributed by atoms with Gasteiger partial charge in [0.1, 0.15) is 5.75 Å². The molecule has 1 amide bonds. The van der Waals surface area contributed by atoms with Gasteiger partial charge in [0.15, 0.2) is 18.5 Å². The predicted octanol–water partition coefficient (Wildman–Crippen LogP) is 3.57. The lowest BCUT2D eigenvalue weighted by Crippen LogP contribution is -2.43. The highest BCUT2D eigenvalue weighted by Gasteiger charge is 2.34. The van der Waals surface area contributed by atoms with Gasteiger partial charge in [-0.15, -0.1) is 0 Å². The smallest absolute Gasteiger partial charge is 0.344 e. The van der Waals surface area contributed by atoms with Crippen molar-refractivity contribution in [3.63, 3.8) is 0 Å². The number of anilines is 1. The molecular formula is C23H25NO5. The third kappa shape index (κ3) is 4.65. The van der Waals surface area contributed by atoms with Crippen molar-refractivity contribution in [2.75, 3.05) is 11.5 Å². The van der Waals surface area contributed by atoms with Crippen molar-refractivity contribution in [3.05, 3.63) is 59.7 Å². The van der Waals surface area contributed by atoms with Crippen LogP contribution in [0.1, 0.15) is 43.1 Å². The third-order valence-corrected chi connectivity index (χ3v) is 4.95. The number of hydrogen-bond acceptors (Lipinski definition) is 5. The Hall–Kier alpha value is -3.15. The number of Topliss-reactive ketones (excluding diaryl/α,β-unsaturated/α-hetero) is 1. The standard InChI is InChI=1S/C23H25NO5/c1-4-21(25)17-9-11-19(12-10-17)28-14-22(26)29-16(3)23(27)24-15(2)13-18-7-5-6-8-20(18)24/h5-12,15-16H,4,13-14H2,1-3H3/t15-,16-/m0/s1. The maximum absolute atomic E-state index is 12.8. The van der Waals surface area contributed by atoms with E-state index in [9.17, 15) is 14.4 Å². The Balaban J connectivity index is 1.54. The molecule has 0 radical (unpaired) electrons. The van der Waals surface area contributed by atoms with Crippen molar-refractivity contribution < 1.29 is 23.9 Å². The lowest BCUT2D eigenvalue weighted by atomic mass is 10.1. The lowest BCUT2D eigenvalue weighted by Gasteiger charge is -2.25. The topological polar surface area (TPSA) is 72.9 Å². The van der Waals surface area contributed by atoms with Gasteiger partial charge in [-0.05, 0) is 56.2 Å². The van der Waals surface area contributed by atoms with Gasteiger partial charge < -0.3 is 14.4 Å². The SMILES string of the molecule is CCC(=O)c1ccc(OCC(=O)O[C@@H](C)C(=O)N2c3ccccc3C[C@@H]2C)cc1. The Morgan fingerprint density at radius 3 is 2.48 bits per heavy atom. The van der Waals surface area contributed by atoms with Crippen LogP contribution in [0.15, 0.2) is 48.5 Å². The molecule has 29 heavy (non-hydrogen) atoms. The van der Waals surface area contributed by atoms with E-state index in [4.69, 9.17) is 9.47 Å². The monoisotopic (exact) mass is 395 g/mol. The molecule has 2 aromatic carbocycles. The first-order chi connectivity index (χ1) is 13.9. The molecule has 1 heterocycles. The van der Waals surface area contributed by atoms with Crippen LogP contribution in [0.3, 0.4) is 0 Å². The Kier molecular flexibility index (Phi) is 6.32. The fraction of sp³-hybridized carbons (Fsp3) is 0.348. The van der Waals surface area contributed by atoms with E-state index < -0.39 is 12.1 Å². The third-order valence-electron chi connectivity index (χ3n) is 4.95. The fourth-order valence-corrected chi connectivity index (χ4v) is 3.46. The summed E-state index contributed by atoms with van der Waals surface area (Å²) in [6.45, 7) is 5.03. The van der Waals surface area contributed by atoms with Crippen LogP contribution >= 0.6 is 0 Å². The Morgan fingerprint density at radius 1 is 1.10 bits per heavy atom. The zero-order valence-corrected chi connectivity index (χ0v) is 16.9. The van der Waals surface area contributed by atoms with E-state index in [1.165, 1.54) is 0 Å². The van der Waals surface area contributed by atoms with Crippen LogP contribution in [0.2, 0.25) is 0 Å². The van der Waals surface area contributed by atoms with Crippen LogP contribution in [0.4, 0.5) is 5.69 Å². The van der Waals surface area contributed by atoms with Gasteiger partial charge in [-0.25, -0.2) is 4.79 Å². The van der Waals surface area contributed by atoms with E-state index in [1.807, 2.05) is 31.2 Å². The normalized spacial score (nSPS) is 16.1. The minimum Gasteiger partial charge on any atom is -0.482 e. The maximum atomic E-state index is 12.8. The molecule has 6 heteroatoms. The summed E-state index contributed by atoms with van der Waals surface area (Å²) >= 11 is 0. The summed E-state index contributed by atoms with van der Waals surface area (Å²) < 4.78 is 10.7. The van der Waals surface area contributed by atoms with E-state index in [0.29, 0.717) is 17.7 Å². The molecule has 0 N–H and O–H groups in total. The predicted molar refractivity (Wildman–Crippen MR) is 109 cm³/mol. The van der Waals surface area contributed by atoms with Crippen LogP contribution < -0.4 is 9.64 Å². The van der Waals surface area contributed by atoms with Crippen molar-refractivity contribution in [2.45, 2.75) is 45.8 Å². The summed E-state index contributed by atoms with van der Waals surface area (Å²) in [5.74, 6) is -0.380. The summed E-state index contributed by atoms with van der Waals surface area (Å²) in [7, 11) is 0. The van der Waals surface area contributed by atoms with E-state index in [1.54, 1.807) is 43.0 Å². The molecule has 0 aliphatic carbocycles. The zero-order valence-electron chi connectivity index (χ0n) is 16.9. The Bertz CT molecular complexity index is 906. The number of fused-ring (bicyclic) bond motifs is 1. The highest BCUT2D eigenvalue weighted by molar-refractivity contribution is 5.99. The number of carbonyl (C=O) groups excluding carboxylic acids is 3. The second kappa shape index (κ2) is 8.90. The summed E-state index contributed by atoms with van der Waals surface area (Å²) in [5, 5.41) is 0. The maximum Gasteiger partial charge on any atom is 0.344 e. The van der Waals surface area contributed by atoms with Gasteiger partial charge in [0, 0.05) is 23.7 Å². The Labute approximate surface area is 170 Å². The molecule has 2 aromatic rings. The quantitative estimate of drug-likeness (QED) is 0.529. The van der Waals surface area contributed by atoms with Crippen LogP contribution in [0.5, 0.6) is 5.75 Å². The number of ether oxygens (including phenoxy) is 2. The van der Waals surface area contributed by atoms with Crippen molar-refractivity contribution in [1.29, 1.82) is 0 Å². The highest BCUT2D eigenvalue weighted by Crippen LogP contribution is 2.32. The molecule has 0 spiro atoms. The first kappa shape index (κ1) is 20.6. The number of ketones is 1. The molecule has 0 fully saturated rings. The van der Waals surface area contributed by atoms with Gasteiger partial charge in [-0.3, -0.25) is 9.59 Å². The number of esters is 1. The van der Waals surface area contributed by atoms with Crippen LogP contribution in [-0.2, 0) is 20.7 Å². The molecule has 152 valence electrons. The molecule has 0 saturated heterocycles. The van der Waals surface area contributed by atoms with Gasteiger partial charge >= 0.3 is 5.97 Å². The van der Waals surface area contributed by atoms with Gasteiger partial charge in [-0.1, -0.05) is 25.1 Å². The van der Waals surface area contributed by atoms with E-state index >= 15 is 0 Å². The largest absolute Gasteiger partial charge is 0.482 e. The van der Waals surface area contributed by atoms with Gasteiger partial charge in [0.05, 0.1) is 0 Å². The van der Waals surface area contributed by atoms with Crippen molar-refractivity contribution in [2.24, 2.45) is 0 Å². The fourth-order valence-electron chi connectivity index (χ4n) is 3.46. The van der Waals surface area contributed by atoms with Gasteiger partial charge in [0.25, 0.3) is 5.91 Å². The summed E-state index contributed by atoms with van der Waals surface area (Å²) in [4.78, 5) is 38.3. The average Bonchev–Trinajstić information content (AvgIpc) is 3.07. The average molecular weight is 395 g/mol. The molecule has 0 bridgehead atoms. The summed E-state index contributed by atoms with van der Waals surface area (Å²) in [5.41, 5.74) is 2.58. The van der Waals surface area contributed by atoms with E-state index in [-0.39, 0.29) is 24.3 Å². The van der Waals surface area contributed by atoms with Crippen LogP contribution in [0, 0.1) is 0 Å². The highest BCUT2D eigenvalue weighted by atomic mass is 16.6. The van der Waals surface area contributed by atoms with Crippen molar-refractivity contribution in [1.82, 2.24) is 0 Å². The number of amides is 1. The molecule has 0 saturated carbocycles. The van der Waals surface area contributed by atoms with E-state index in [0.717, 1.165) is 17.7 Å². The zero-order chi connectivity index (χ0) is 21.0. The second-order valence-corrected chi connectivity index (χ2v) is 7.11. The molecule has 6 nitrogen and oxygen atoms in total. The van der Waals surface area contributed by atoms with Crippen molar-refractivity contribution >= 4 is 23.3 Å². The van der Waals surface area contributed by atoms with Crippen LogP contribution in [-0.4, -0.2) is 36.4 Å². The second-order valence-electron chi connectivity index (χ2n) is 7.11. The van der Waals surface area contributed by atoms with Gasteiger partial charge in [0.2, 0.25) is 0 Å². The molecule has 1 aliphatic rings. The molecule has 3 rings (SSSR count). The van der Waals surface area contributed by atoms with E-state index in [2.05, 4.69) is 0 Å². The summed E-state index contributed by atoms with van der Waals surface area (Å²) in [6.07, 6.45) is 0.296. The molecular weight excluding hydrogens is 370 g/mol. The molecule has 0 unspecified atom stereocenters. The molecule has 2 atom stereocenters. The minimum absolute atomic E-state index is 0.0154. The van der Waals surface area contributed by atoms with Crippen molar-refractivity contribution in [3.8, 4) is 5.75 Å². The number of rotatable bonds is 7. The number of nitrogens with zero attached hydrogens (tertiary/aromatic N) is 1. The Morgan fingerprint density at radius 2 is 1.79 bits per heavy atom. The molecule has 0 aromatic heterocycles. The first-order valence-corrected chi connectivity index (χ1v) is 9.77.